The van der Waals surface area contributed by atoms with Crippen molar-refractivity contribution in [2.45, 2.75) is 44.4 Å². The number of thiophene rings is 1. The predicted octanol–water partition coefficient (Wildman–Crippen LogP) is 2.18. The number of nitrogens with two attached hydrogens (primary N) is 1. The zero-order chi connectivity index (χ0) is 31.1. The van der Waals surface area contributed by atoms with Crippen LogP contribution >= 0.6 is 35.3 Å². The largest absolute Gasteiger partial charge is 0.442 e. The number of carbonyl (C=O) groups excluding carboxylic acids is 5. The highest BCUT2D eigenvalue weighted by Crippen LogP contribution is 2.27. The number of nitrogens with zero attached hydrogens (tertiary/aromatic N) is 3. The average molecular weight is 673 g/mol. The molecule has 5 amide bonds. The number of imide groups is 1. The van der Waals surface area contributed by atoms with Crippen molar-refractivity contribution in [2.75, 3.05) is 49.2 Å². The van der Waals surface area contributed by atoms with E-state index in [1.54, 1.807) is 35.2 Å². The number of cyclic esters (lactones) is 1. The van der Waals surface area contributed by atoms with Crippen molar-refractivity contribution < 1.29 is 38.6 Å². The second-order valence-electron chi connectivity index (χ2n) is 10.2. The molecule has 0 bridgehead atoms. The topological polar surface area (TPSA) is 172 Å². The number of aliphatic hydroxyl groups is 1. The van der Waals surface area contributed by atoms with Gasteiger partial charge in [0.15, 0.2) is 0 Å². The molecule has 4 rings (SSSR count). The summed E-state index contributed by atoms with van der Waals surface area (Å²) in [5.41, 5.74) is 6.83. The van der Waals surface area contributed by atoms with Crippen LogP contribution in [-0.4, -0.2) is 97.4 Å². The van der Waals surface area contributed by atoms with E-state index in [9.17, 15) is 29.1 Å². The van der Waals surface area contributed by atoms with Crippen molar-refractivity contribution in [1.29, 1.82) is 0 Å². The monoisotopic (exact) mass is 671 g/mol. The highest BCUT2D eigenvalue weighted by atomic mass is 35.5. The zero-order valence-corrected chi connectivity index (χ0v) is 26.4. The van der Waals surface area contributed by atoms with Crippen molar-refractivity contribution in [1.82, 2.24) is 10.2 Å². The molecule has 1 aromatic carbocycles. The van der Waals surface area contributed by atoms with Crippen LogP contribution in [-0.2, 0) is 23.9 Å². The van der Waals surface area contributed by atoms with Gasteiger partial charge in [-0.2, -0.15) is 0 Å². The summed E-state index contributed by atoms with van der Waals surface area (Å²) in [6.45, 7) is 2.50. The maximum Gasteiger partial charge on any atom is 0.414 e. The summed E-state index contributed by atoms with van der Waals surface area (Å²) in [5.74, 6) is -1.65. The SMILES string of the molecule is CC(O)[C@H](N)C(=O)NCCCCC(=O)N(C[C@H]1CN(c2ccc(N3CCOCC3=O)cc2)C(=O)O1)C(=O)c1ccc(Cl)s1.Cl. The van der Waals surface area contributed by atoms with Crippen LogP contribution in [0, 0.1) is 0 Å². The Morgan fingerprint density at radius 2 is 1.82 bits per heavy atom. The molecule has 2 aliphatic rings. The van der Waals surface area contributed by atoms with Crippen molar-refractivity contribution in [3.05, 3.63) is 45.6 Å². The first-order chi connectivity index (χ1) is 20.5. The fourth-order valence-corrected chi connectivity index (χ4v) is 5.57. The molecule has 3 atom stereocenters. The summed E-state index contributed by atoms with van der Waals surface area (Å²) in [4.78, 5) is 67.7. The molecule has 0 aliphatic carbocycles. The van der Waals surface area contributed by atoms with Gasteiger partial charge in [0.2, 0.25) is 11.8 Å². The Bertz CT molecular complexity index is 1340. The minimum Gasteiger partial charge on any atom is -0.442 e. The first-order valence-corrected chi connectivity index (χ1v) is 15.0. The molecule has 44 heavy (non-hydrogen) atoms. The van der Waals surface area contributed by atoms with E-state index in [0.717, 1.165) is 16.2 Å². The van der Waals surface area contributed by atoms with E-state index in [1.807, 2.05) is 0 Å². The summed E-state index contributed by atoms with van der Waals surface area (Å²) in [6, 6.07) is 8.93. The van der Waals surface area contributed by atoms with Gasteiger partial charge in [-0.05, 0) is 56.2 Å². The number of nitrogens with one attached hydrogen (secondary N) is 1. The van der Waals surface area contributed by atoms with Crippen LogP contribution in [0.3, 0.4) is 0 Å². The fraction of sp³-hybridized carbons (Fsp3) is 0.464. The van der Waals surface area contributed by atoms with E-state index >= 15 is 0 Å². The van der Waals surface area contributed by atoms with Gasteiger partial charge in [0, 0.05) is 30.9 Å². The van der Waals surface area contributed by atoms with E-state index in [2.05, 4.69) is 5.32 Å². The van der Waals surface area contributed by atoms with Crippen LogP contribution in [0.4, 0.5) is 16.2 Å². The zero-order valence-electron chi connectivity index (χ0n) is 24.0. The third kappa shape index (κ3) is 8.89. The normalized spacial score (nSPS) is 17.9. The van der Waals surface area contributed by atoms with E-state index in [-0.39, 0.29) is 55.9 Å². The molecule has 0 radical (unpaired) electrons. The quantitative estimate of drug-likeness (QED) is 0.286. The maximum atomic E-state index is 13.3. The number of rotatable bonds is 12. The van der Waals surface area contributed by atoms with E-state index < -0.39 is 42.1 Å². The lowest BCUT2D eigenvalue weighted by molar-refractivity contribution is -0.129. The molecule has 3 heterocycles. The number of aliphatic hydroxyl groups excluding tert-OH is 1. The fourth-order valence-electron chi connectivity index (χ4n) is 4.58. The van der Waals surface area contributed by atoms with Crippen LogP contribution in [0.2, 0.25) is 4.34 Å². The predicted molar refractivity (Wildman–Crippen MR) is 166 cm³/mol. The van der Waals surface area contributed by atoms with E-state index in [4.69, 9.17) is 26.8 Å². The lowest BCUT2D eigenvalue weighted by Gasteiger charge is -2.27. The molecule has 2 aliphatic heterocycles. The molecule has 2 aromatic rings. The molecule has 16 heteroatoms. The molecule has 1 aromatic heterocycles. The van der Waals surface area contributed by atoms with Gasteiger partial charge in [-0.1, -0.05) is 11.6 Å². The smallest absolute Gasteiger partial charge is 0.414 e. The van der Waals surface area contributed by atoms with Crippen LogP contribution in [0.5, 0.6) is 0 Å². The number of morpholine rings is 1. The molecule has 2 fully saturated rings. The summed E-state index contributed by atoms with van der Waals surface area (Å²) in [7, 11) is 0. The number of halogens is 2. The van der Waals surface area contributed by atoms with Gasteiger partial charge in [-0.15, -0.1) is 23.7 Å². The average Bonchev–Trinajstić information content (AvgIpc) is 3.59. The number of ether oxygens (including phenoxy) is 2. The van der Waals surface area contributed by atoms with Gasteiger partial charge in [0.05, 0.1) is 35.0 Å². The standard InChI is InChI=1S/C28H34ClN5O8S.ClH/c1-17(35)25(30)26(38)31-11-3-2-4-23(36)34(27(39)21-9-10-22(29)43-21)15-20-14-33(28(40)42-20)19-7-5-18(6-8-19)32-12-13-41-16-24(32)37;/h5-10,17,20,25,35H,2-4,11-16,30H2,1H3,(H,31,38);1H/t17?,20-,25+;/m1./s1. The van der Waals surface area contributed by atoms with Gasteiger partial charge in [-0.3, -0.25) is 29.0 Å². The van der Waals surface area contributed by atoms with Gasteiger partial charge < -0.3 is 30.5 Å². The number of carbonyl (C=O) groups is 5. The molecule has 1 unspecified atom stereocenters. The van der Waals surface area contributed by atoms with E-state index in [0.29, 0.717) is 41.7 Å². The Balaban J connectivity index is 0.00000529. The molecule has 0 spiro atoms. The minimum absolute atomic E-state index is 0. The number of unbranched alkanes of at least 4 members (excludes halogenated alkanes) is 1. The number of benzene rings is 1. The molecule has 0 saturated carbocycles. The first-order valence-electron chi connectivity index (χ1n) is 13.8. The Labute approximate surface area is 269 Å². The summed E-state index contributed by atoms with van der Waals surface area (Å²) in [6.07, 6.45) is -1.58. The second kappa shape index (κ2) is 16.2. The van der Waals surface area contributed by atoms with Gasteiger partial charge in [0.1, 0.15) is 18.8 Å². The van der Waals surface area contributed by atoms with Gasteiger partial charge >= 0.3 is 6.09 Å². The maximum absolute atomic E-state index is 13.3. The van der Waals surface area contributed by atoms with Crippen LogP contribution in [0.15, 0.2) is 36.4 Å². The third-order valence-corrected chi connectivity index (χ3v) is 8.21. The number of amides is 5. The summed E-state index contributed by atoms with van der Waals surface area (Å²) < 4.78 is 11.1. The minimum atomic E-state index is -1.05. The molecular weight excluding hydrogens is 637 g/mol. The molecular formula is C28H35Cl2N5O8S. The molecule has 2 saturated heterocycles. The lowest BCUT2D eigenvalue weighted by Crippen LogP contribution is -2.47. The third-order valence-electron chi connectivity index (χ3n) is 6.99. The Morgan fingerprint density at radius 1 is 1.14 bits per heavy atom. The first kappa shape index (κ1) is 35.2. The van der Waals surface area contributed by atoms with E-state index in [1.165, 1.54) is 17.9 Å². The number of anilines is 2. The number of hydrogen-bond acceptors (Lipinski definition) is 10. The molecule has 13 nitrogen and oxygen atoms in total. The highest BCUT2D eigenvalue weighted by Gasteiger charge is 2.36. The summed E-state index contributed by atoms with van der Waals surface area (Å²) >= 11 is 7.06. The summed E-state index contributed by atoms with van der Waals surface area (Å²) in [5, 5.41) is 12.0. The number of hydrogen-bond donors (Lipinski definition) is 3. The second-order valence-corrected chi connectivity index (χ2v) is 11.9. The van der Waals surface area contributed by atoms with Crippen LogP contribution in [0.1, 0.15) is 35.9 Å². The Kier molecular flexibility index (Phi) is 12.9. The van der Waals surface area contributed by atoms with Crippen LogP contribution in [0.25, 0.3) is 0 Å². The Hall–Kier alpha value is -3.27. The van der Waals surface area contributed by atoms with Crippen molar-refractivity contribution in [3.63, 3.8) is 0 Å². The highest BCUT2D eigenvalue weighted by molar-refractivity contribution is 7.18. The van der Waals surface area contributed by atoms with Crippen LogP contribution < -0.4 is 20.9 Å². The molecule has 240 valence electrons. The van der Waals surface area contributed by atoms with Gasteiger partial charge in [-0.25, -0.2) is 4.79 Å². The lowest BCUT2D eigenvalue weighted by atomic mass is 10.1. The Morgan fingerprint density at radius 3 is 2.43 bits per heavy atom. The molecule has 4 N–H and O–H groups in total. The van der Waals surface area contributed by atoms with Crippen molar-refractivity contribution in [2.24, 2.45) is 5.73 Å². The van der Waals surface area contributed by atoms with Gasteiger partial charge in [0.25, 0.3) is 11.8 Å². The van der Waals surface area contributed by atoms with Crippen molar-refractivity contribution >= 4 is 76.4 Å². The van der Waals surface area contributed by atoms with Crippen molar-refractivity contribution in [3.8, 4) is 0 Å².